The van der Waals surface area contributed by atoms with Gasteiger partial charge in [-0.05, 0) is 30.2 Å². The Bertz CT molecular complexity index is 1200. The number of fused-ring (bicyclic) bond motifs is 1. The van der Waals surface area contributed by atoms with Gasteiger partial charge in [0.1, 0.15) is 11.2 Å². The minimum absolute atomic E-state index is 0.120. The summed E-state index contributed by atoms with van der Waals surface area (Å²) in [5.41, 5.74) is 0.917. The molecule has 0 saturated heterocycles. The van der Waals surface area contributed by atoms with E-state index in [9.17, 15) is 27.2 Å². The molecule has 0 atom stereocenters. The van der Waals surface area contributed by atoms with Crippen LogP contribution in [-0.4, -0.2) is 43.8 Å². The first-order chi connectivity index (χ1) is 15.1. The molecule has 168 valence electrons. The molecule has 0 bridgehead atoms. The summed E-state index contributed by atoms with van der Waals surface area (Å²) in [6.45, 7) is 0.0580. The van der Waals surface area contributed by atoms with Crippen molar-refractivity contribution in [2.75, 3.05) is 12.4 Å². The highest BCUT2D eigenvalue weighted by Crippen LogP contribution is 2.48. The Hall–Kier alpha value is -2.94. The van der Waals surface area contributed by atoms with Crippen LogP contribution >= 0.6 is 11.8 Å². The number of rotatable bonds is 7. The van der Waals surface area contributed by atoms with Crippen LogP contribution in [-0.2, 0) is 5.41 Å². The zero-order valence-corrected chi connectivity index (χ0v) is 17.5. The third-order valence-electron chi connectivity index (χ3n) is 5.11. The van der Waals surface area contributed by atoms with Gasteiger partial charge in [-0.1, -0.05) is 6.92 Å². The Balaban J connectivity index is 1.71. The Morgan fingerprint density at radius 3 is 2.56 bits per heavy atom. The van der Waals surface area contributed by atoms with E-state index in [2.05, 4.69) is 21.0 Å². The van der Waals surface area contributed by atoms with Crippen LogP contribution in [0.25, 0.3) is 17.0 Å². The number of imidazole rings is 1. The maximum Gasteiger partial charge on any atom is 0.456 e. The second kappa shape index (κ2) is 7.88. The van der Waals surface area contributed by atoms with Crippen LogP contribution in [0.4, 0.5) is 22.0 Å². The molecule has 4 rings (SSSR count). The van der Waals surface area contributed by atoms with Crippen molar-refractivity contribution >= 4 is 17.3 Å². The number of alkyl halides is 5. The number of hydrogen-bond donors (Lipinski definition) is 0. The first-order valence-corrected chi connectivity index (χ1v) is 10.5. The summed E-state index contributed by atoms with van der Waals surface area (Å²) in [4.78, 5) is 13.3. The average molecular weight is 469 g/mol. The largest absolute Gasteiger partial charge is 0.469 e. The van der Waals surface area contributed by atoms with Crippen LogP contribution in [0, 0.1) is 11.3 Å². The lowest BCUT2D eigenvalue weighted by molar-refractivity contribution is -0.290. The number of hydrogen-bond acceptors (Lipinski definition) is 6. The van der Waals surface area contributed by atoms with Crippen molar-refractivity contribution in [1.82, 2.24) is 19.4 Å². The van der Waals surface area contributed by atoms with Gasteiger partial charge in [-0.25, -0.2) is 9.97 Å². The topological polar surface area (TPSA) is 76.1 Å². The molecule has 0 radical (unpaired) electrons. The summed E-state index contributed by atoms with van der Waals surface area (Å²) in [6.07, 6.45) is 1.40. The van der Waals surface area contributed by atoms with Crippen molar-refractivity contribution in [2.45, 2.75) is 42.2 Å². The Labute approximate surface area is 183 Å². The quantitative estimate of drug-likeness (QED) is 0.357. The van der Waals surface area contributed by atoms with Crippen molar-refractivity contribution in [1.29, 1.82) is 5.26 Å². The van der Waals surface area contributed by atoms with Crippen LogP contribution in [0.15, 0.2) is 35.7 Å². The van der Waals surface area contributed by atoms with Gasteiger partial charge in [0.05, 0.1) is 17.7 Å². The second-order valence-electron chi connectivity index (χ2n) is 7.26. The van der Waals surface area contributed by atoms with Crippen LogP contribution in [0.5, 0.6) is 5.88 Å². The first kappa shape index (κ1) is 22.3. The van der Waals surface area contributed by atoms with E-state index >= 15 is 0 Å². The standard InChI is InChI=1S/C20H16F5N5OS/c1-2-32-14-7-12(18(10-26)3-4-18)8-28-15(14)16-29-9-13-17(27-5-6-30(13)16)31-11-19(21,22)20(23,24)25/h5-9H,2-4,11H2,1H3. The van der Waals surface area contributed by atoms with Gasteiger partial charge in [0.2, 0.25) is 5.88 Å². The number of nitriles is 1. The normalized spacial score (nSPS) is 15.5. The molecule has 3 aromatic heterocycles. The SMILES string of the molecule is CCSc1cc(C2(C#N)CC2)cnc1-c1ncc2c(OCC(F)(F)C(F)(F)F)nccn12. The molecule has 1 aliphatic carbocycles. The number of ether oxygens (including phenoxy) is 1. The lowest BCUT2D eigenvalue weighted by Crippen LogP contribution is -2.41. The van der Waals surface area contributed by atoms with Gasteiger partial charge in [0.25, 0.3) is 0 Å². The van der Waals surface area contributed by atoms with Crippen molar-refractivity contribution in [3.63, 3.8) is 0 Å². The molecule has 0 spiro atoms. The third-order valence-corrected chi connectivity index (χ3v) is 6.02. The molecule has 1 saturated carbocycles. The minimum Gasteiger partial charge on any atom is -0.469 e. The number of nitrogens with zero attached hydrogens (tertiary/aromatic N) is 5. The molecule has 1 aliphatic rings. The van der Waals surface area contributed by atoms with E-state index in [1.165, 1.54) is 34.8 Å². The Morgan fingerprint density at radius 1 is 1.19 bits per heavy atom. The monoisotopic (exact) mass is 469 g/mol. The van der Waals surface area contributed by atoms with E-state index < -0.39 is 30.0 Å². The van der Waals surface area contributed by atoms with Gasteiger partial charge < -0.3 is 4.74 Å². The fraction of sp³-hybridized carbons (Fsp3) is 0.400. The molecule has 0 aliphatic heterocycles. The van der Waals surface area contributed by atoms with Crippen molar-refractivity contribution in [3.05, 3.63) is 36.4 Å². The summed E-state index contributed by atoms with van der Waals surface area (Å²) in [5.74, 6) is -4.35. The predicted octanol–water partition coefficient (Wildman–Crippen LogP) is 5.03. The highest BCUT2D eigenvalue weighted by Gasteiger charge is 2.58. The summed E-state index contributed by atoms with van der Waals surface area (Å²) in [7, 11) is 0. The summed E-state index contributed by atoms with van der Waals surface area (Å²) in [6, 6.07) is 4.23. The zero-order chi connectivity index (χ0) is 23.1. The van der Waals surface area contributed by atoms with Gasteiger partial charge in [0, 0.05) is 23.5 Å². The Morgan fingerprint density at radius 2 is 1.94 bits per heavy atom. The number of halogens is 5. The number of pyridine rings is 1. The fourth-order valence-corrected chi connectivity index (χ4v) is 3.96. The highest BCUT2D eigenvalue weighted by molar-refractivity contribution is 7.99. The number of aromatic nitrogens is 4. The first-order valence-electron chi connectivity index (χ1n) is 9.56. The maximum absolute atomic E-state index is 13.3. The molecule has 0 unspecified atom stereocenters. The van der Waals surface area contributed by atoms with E-state index in [1.807, 2.05) is 13.0 Å². The van der Waals surface area contributed by atoms with Crippen LogP contribution < -0.4 is 4.74 Å². The molecule has 32 heavy (non-hydrogen) atoms. The molecule has 1 fully saturated rings. The molecule has 3 heterocycles. The minimum atomic E-state index is -5.73. The molecule has 3 aromatic rings. The third kappa shape index (κ3) is 3.85. The summed E-state index contributed by atoms with van der Waals surface area (Å²) < 4.78 is 70.0. The smallest absolute Gasteiger partial charge is 0.456 e. The molecular weight excluding hydrogens is 453 g/mol. The van der Waals surface area contributed by atoms with Gasteiger partial charge in [-0.2, -0.15) is 27.2 Å². The fourth-order valence-electron chi connectivity index (χ4n) is 3.16. The molecule has 12 heteroatoms. The van der Waals surface area contributed by atoms with E-state index in [-0.39, 0.29) is 5.52 Å². The van der Waals surface area contributed by atoms with E-state index in [1.54, 1.807) is 6.20 Å². The molecular formula is C20H16F5N5OS. The second-order valence-corrected chi connectivity index (χ2v) is 8.56. The van der Waals surface area contributed by atoms with Gasteiger partial charge in [-0.15, -0.1) is 11.8 Å². The molecule has 0 aromatic carbocycles. The van der Waals surface area contributed by atoms with Gasteiger partial charge in [0.15, 0.2) is 12.4 Å². The zero-order valence-electron chi connectivity index (χ0n) is 16.7. The Kier molecular flexibility index (Phi) is 5.48. The lowest BCUT2D eigenvalue weighted by atomic mass is 9.99. The summed E-state index contributed by atoms with van der Waals surface area (Å²) in [5, 5.41) is 9.47. The van der Waals surface area contributed by atoms with Gasteiger partial charge in [-0.3, -0.25) is 9.38 Å². The number of thioether (sulfide) groups is 1. The highest BCUT2D eigenvalue weighted by atomic mass is 32.2. The van der Waals surface area contributed by atoms with Crippen molar-refractivity contribution in [3.8, 4) is 23.5 Å². The van der Waals surface area contributed by atoms with Crippen LogP contribution in [0.1, 0.15) is 25.3 Å². The summed E-state index contributed by atoms with van der Waals surface area (Å²) >= 11 is 1.50. The molecule has 0 amide bonds. The van der Waals surface area contributed by atoms with Crippen molar-refractivity contribution < 1.29 is 26.7 Å². The maximum atomic E-state index is 13.3. The van der Waals surface area contributed by atoms with Crippen molar-refractivity contribution in [2.24, 2.45) is 0 Å². The molecule has 0 N–H and O–H groups in total. The average Bonchev–Trinajstić information content (AvgIpc) is 3.44. The van der Waals surface area contributed by atoms with Crippen LogP contribution in [0.2, 0.25) is 0 Å². The lowest BCUT2D eigenvalue weighted by Gasteiger charge is -2.19. The van der Waals surface area contributed by atoms with Crippen LogP contribution in [0.3, 0.4) is 0 Å². The van der Waals surface area contributed by atoms with E-state index in [0.717, 1.165) is 29.1 Å². The van der Waals surface area contributed by atoms with E-state index in [0.29, 0.717) is 11.5 Å². The predicted molar refractivity (Wildman–Crippen MR) is 106 cm³/mol. The molecule has 6 nitrogen and oxygen atoms in total. The van der Waals surface area contributed by atoms with Gasteiger partial charge >= 0.3 is 12.1 Å². The van der Waals surface area contributed by atoms with E-state index in [4.69, 9.17) is 4.74 Å².